The van der Waals surface area contributed by atoms with Crippen molar-refractivity contribution in [2.75, 3.05) is 26.7 Å². The van der Waals surface area contributed by atoms with Crippen molar-refractivity contribution in [3.8, 4) is 0 Å². The van der Waals surface area contributed by atoms with Crippen LogP contribution in [-0.4, -0.2) is 42.8 Å². The number of hydrogen-bond donors (Lipinski definition) is 1. The molecule has 0 aromatic carbocycles. The lowest BCUT2D eigenvalue weighted by Gasteiger charge is -2.40. The minimum absolute atomic E-state index is 0.573. The lowest BCUT2D eigenvalue weighted by molar-refractivity contribution is 0.0196. The van der Waals surface area contributed by atoms with Crippen LogP contribution in [0.5, 0.6) is 0 Å². The van der Waals surface area contributed by atoms with E-state index in [-0.39, 0.29) is 0 Å². The predicted octanol–water partition coefficient (Wildman–Crippen LogP) is 1.27. The molecule has 0 radical (unpaired) electrons. The summed E-state index contributed by atoms with van der Waals surface area (Å²) in [7, 11) is 2.13. The first kappa shape index (κ1) is 11.0. The summed E-state index contributed by atoms with van der Waals surface area (Å²) < 4.78 is 0. The van der Waals surface area contributed by atoms with E-state index >= 15 is 0 Å². The van der Waals surface area contributed by atoms with Gasteiger partial charge in [-0.1, -0.05) is 26.7 Å². The molecule has 0 aromatic rings. The van der Waals surface area contributed by atoms with Crippen LogP contribution in [0.1, 0.15) is 33.1 Å². The maximum absolute atomic E-state index is 3.51. The minimum atomic E-state index is 0.573. The van der Waals surface area contributed by atoms with Crippen LogP contribution in [0.25, 0.3) is 0 Å². The summed E-state index contributed by atoms with van der Waals surface area (Å²) >= 11 is 0. The molecule has 0 amide bonds. The van der Waals surface area contributed by atoms with Crippen LogP contribution in [0, 0.1) is 0 Å². The van der Waals surface area contributed by atoms with E-state index in [0.717, 1.165) is 13.1 Å². The molecule has 3 heteroatoms. The Morgan fingerprint density at radius 3 is 2.69 bits per heavy atom. The second-order valence-corrected chi connectivity index (χ2v) is 3.84. The summed E-state index contributed by atoms with van der Waals surface area (Å²) in [4.78, 5) is 2.52. The van der Waals surface area contributed by atoms with Gasteiger partial charge >= 0.3 is 0 Å². The third kappa shape index (κ3) is 3.25. The quantitative estimate of drug-likeness (QED) is 0.711. The summed E-state index contributed by atoms with van der Waals surface area (Å²) in [6.07, 6.45) is 4.46. The van der Waals surface area contributed by atoms with Gasteiger partial charge in [-0.25, -0.2) is 10.4 Å². The lowest BCUT2D eigenvalue weighted by Crippen LogP contribution is -2.59. The number of hydrazine groups is 1. The van der Waals surface area contributed by atoms with Gasteiger partial charge in [0.25, 0.3) is 0 Å². The molecule has 0 bridgehead atoms. The number of unbranched alkanes of at least 4 members (excludes halogenated alkanes) is 1. The fraction of sp³-hybridized carbons (Fsp3) is 1.00. The average Bonchev–Trinajstić information content (AvgIpc) is 2.15. The van der Waals surface area contributed by atoms with Gasteiger partial charge in [-0.3, -0.25) is 4.90 Å². The van der Waals surface area contributed by atoms with Crippen molar-refractivity contribution in [2.24, 2.45) is 0 Å². The van der Waals surface area contributed by atoms with E-state index in [1.54, 1.807) is 0 Å². The molecular formula is C10H23N3. The SMILES string of the molecule is CCCCC1NN(C)CCN1CC. The molecule has 1 N–H and O–H groups in total. The van der Waals surface area contributed by atoms with Crippen molar-refractivity contribution in [1.82, 2.24) is 15.3 Å². The molecule has 0 aromatic heterocycles. The summed E-state index contributed by atoms with van der Waals surface area (Å²) in [5.74, 6) is 0. The fourth-order valence-electron chi connectivity index (χ4n) is 1.86. The molecule has 1 aliphatic heterocycles. The Kier molecular flexibility index (Phi) is 4.70. The number of nitrogens with one attached hydrogen (secondary N) is 1. The number of hydrogen-bond acceptors (Lipinski definition) is 3. The van der Waals surface area contributed by atoms with Crippen molar-refractivity contribution in [1.29, 1.82) is 0 Å². The maximum Gasteiger partial charge on any atom is 0.0731 e. The first-order chi connectivity index (χ1) is 6.27. The third-order valence-corrected chi connectivity index (χ3v) is 2.77. The van der Waals surface area contributed by atoms with Gasteiger partial charge in [-0.2, -0.15) is 0 Å². The zero-order chi connectivity index (χ0) is 9.68. The van der Waals surface area contributed by atoms with Crippen LogP contribution in [0.15, 0.2) is 0 Å². The van der Waals surface area contributed by atoms with Crippen molar-refractivity contribution in [3.05, 3.63) is 0 Å². The number of rotatable bonds is 4. The molecule has 13 heavy (non-hydrogen) atoms. The van der Waals surface area contributed by atoms with Crippen LogP contribution >= 0.6 is 0 Å². The Morgan fingerprint density at radius 2 is 2.08 bits per heavy atom. The summed E-state index contributed by atoms with van der Waals surface area (Å²) in [5.41, 5.74) is 3.51. The van der Waals surface area contributed by atoms with Gasteiger partial charge in [-0.05, 0) is 13.0 Å². The zero-order valence-electron chi connectivity index (χ0n) is 9.21. The smallest absolute Gasteiger partial charge is 0.0731 e. The van der Waals surface area contributed by atoms with E-state index in [9.17, 15) is 0 Å². The molecule has 1 saturated heterocycles. The molecule has 1 aliphatic rings. The summed E-state index contributed by atoms with van der Waals surface area (Å²) in [6.45, 7) is 7.99. The third-order valence-electron chi connectivity index (χ3n) is 2.77. The van der Waals surface area contributed by atoms with Gasteiger partial charge in [0.1, 0.15) is 0 Å². The molecule has 1 rings (SSSR count). The van der Waals surface area contributed by atoms with E-state index < -0.39 is 0 Å². The van der Waals surface area contributed by atoms with Gasteiger partial charge in [0.2, 0.25) is 0 Å². The molecule has 1 atom stereocenters. The lowest BCUT2D eigenvalue weighted by atomic mass is 10.2. The standard InChI is InChI=1S/C10H23N3/c1-4-6-7-10-11-12(3)8-9-13(10)5-2/h10-11H,4-9H2,1-3H3. The van der Waals surface area contributed by atoms with Crippen LogP contribution < -0.4 is 5.43 Å². The molecule has 1 fully saturated rings. The van der Waals surface area contributed by atoms with Crippen molar-refractivity contribution >= 4 is 0 Å². The van der Waals surface area contributed by atoms with Gasteiger partial charge in [0.15, 0.2) is 0 Å². The van der Waals surface area contributed by atoms with Gasteiger partial charge in [0.05, 0.1) is 6.17 Å². The Morgan fingerprint density at radius 1 is 1.31 bits per heavy atom. The summed E-state index contributed by atoms with van der Waals surface area (Å²) in [6, 6.07) is 0. The maximum atomic E-state index is 3.51. The molecule has 78 valence electrons. The second kappa shape index (κ2) is 5.58. The average molecular weight is 185 g/mol. The Balaban J connectivity index is 2.35. The molecule has 1 unspecified atom stereocenters. The van der Waals surface area contributed by atoms with E-state index in [0.29, 0.717) is 6.17 Å². The number of likely N-dealkylation sites (N-methyl/N-ethyl adjacent to an activating group) is 2. The Labute approximate surface area is 82.1 Å². The highest BCUT2D eigenvalue weighted by Gasteiger charge is 2.22. The van der Waals surface area contributed by atoms with E-state index in [1.165, 1.54) is 25.8 Å². The molecular weight excluding hydrogens is 162 g/mol. The largest absolute Gasteiger partial charge is 0.286 e. The Bertz CT molecular complexity index is 138. The fourth-order valence-corrected chi connectivity index (χ4v) is 1.86. The van der Waals surface area contributed by atoms with Gasteiger partial charge < -0.3 is 0 Å². The van der Waals surface area contributed by atoms with Crippen LogP contribution in [0.2, 0.25) is 0 Å². The topological polar surface area (TPSA) is 18.5 Å². The van der Waals surface area contributed by atoms with Crippen LogP contribution in [0.3, 0.4) is 0 Å². The van der Waals surface area contributed by atoms with E-state index in [2.05, 4.69) is 36.2 Å². The van der Waals surface area contributed by atoms with E-state index in [4.69, 9.17) is 0 Å². The first-order valence-corrected chi connectivity index (χ1v) is 5.49. The predicted molar refractivity (Wildman–Crippen MR) is 56.3 cm³/mol. The van der Waals surface area contributed by atoms with Gasteiger partial charge in [-0.15, -0.1) is 0 Å². The highest BCUT2D eigenvalue weighted by Crippen LogP contribution is 2.09. The van der Waals surface area contributed by atoms with Gasteiger partial charge in [0, 0.05) is 20.1 Å². The normalized spacial score (nSPS) is 26.5. The zero-order valence-corrected chi connectivity index (χ0v) is 9.21. The molecule has 0 spiro atoms. The van der Waals surface area contributed by atoms with Crippen molar-refractivity contribution < 1.29 is 0 Å². The highest BCUT2D eigenvalue weighted by atomic mass is 15.6. The monoisotopic (exact) mass is 185 g/mol. The summed E-state index contributed by atoms with van der Waals surface area (Å²) in [5, 5.41) is 2.21. The molecule has 0 aliphatic carbocycles. The molecule has 1 heterocycles. The van der Waals surface area contributed by atoms with Crippen molar-refractivity contribution in [2.45, 2.75) is 39.3 Å². The minimum Gasteiger partial charge on any atom is -0.286 e. The van der Waals surface area contributed by atoms with Crippen LogP contribution in [-0.2, 0) is 0 Å². The number of nitrogens with zero attached hydrogens (tertiary/aromatic N) is 2. The van der Waals surface area contributed by atoms with Crippen LogP contribution in [0.4, 0.5) is 0 Å². The highest BCUT2D eigenvalue weighted by molar-refractivity contribution is 4.73. The van der Waals surface area contributed by atoms with Crippen molar-refractivity contribution in [3.63, 3.8) is 0 Å². The molecule has 3 nitrogen and oxygen atoms in total. The second-order valence-electron chi connectivity index (χ2n) is 3.84. The first-order valence-electron chi connectivity index (χ1n) is 5.49. The Hall–Kier alpha value is -0.120. The molecule has 0 saturated carbocycles. The van der Waals surface area contributed by atoms with E-state index in [1.807, 2.05) is 0 Å².